The van der Waals surface area contributed by atoms with Crippen LogP contribution in [0.15, 0.2) is 24.4 Å². The summed E-state index contributed by atoms with van der Waals surface area (Å²) in [6.45, 7) is 2.25. The van der Waals surface area contributed by atoms with E-state index in [0.717, 1.165) is 11.3 Å². The molecule has 1 aromatic carbocycles. The van der Waals surface area contributed by atoms with Gasteiger partial charge in [-0.3, -0.25) is 0 Å². The van der Waals surface area contributed by atoms with Crippen molar-refractivity contribution >= 4 is 0 Å². The van der Waals surface area contributed by atoms with E-state index >= 15 is 0 Å². The normalized spacial score (nSPS) is 10.4. The second kappa shape index (κ2) is 5.10. The summed E-state index contributed by atoms with van der Waals surface area (Å²) in [5.41, 5.74) is 8.02. The van der Waals surface area contributed by atoms with Crippen molar-refractivity contribution in [2.45, 2.75) is 13.5 Å². The standard InChI is InChI=1S/C13H14FN3O/c1-8-7-16-13(17-11(8)6-15)9-3-4-10(14)12(5-9)18-2/h3-5,7H,6,15H2,1-2H3. The quantitative estimate of drug-likeness (QED) is 0.901. The fourth-order valence-corrected chi connectivity index (χ4v) is 1.62. The molecule has 0 aliphatic rings. The Kier molecular flexibility index (Phi) is 3.53. The predicted molar refractivity (Wildman–Crippen MR) is 66.6 cm³/mol. The first-order chi connectivity index (χ1) is 8.65. The zero-order valence-electron chi connectivity index (χ0n) is 10.3. The van der Waals surface area contributed by atoms with E-state index in [9.17, 15) is 4.39 Å². The Morgan fingerprint density at radius 3 is 2.83 bits per heavy atom. The van der Waals surface area contributed by atoms with Gasteiger partial charge in [0.2, 0.25) is 0 Å². The molecule has 2 rings (SSSR count). The average Bonchev–Trinajstić information content (AvgIpc) is 2.40. The predicted octanol–water partition coefficient (Wildman–Crippen LogP) is 2.06. The van der Waals surface area contributed by atoms with Crippen LogP contribution in [0.5, 0.6) is 5.75 Å². The Balaban J connectivity index is 2.48. The zero-order valence-corrected chi connectivity index (χ0v) is 10.3. The molecule has 0 fully saturated rings. The smallest absolute Gasteiger partial charge is 0.165 e. The van der Waals surface area contributed by atoms with E-state index in [0.29, 0.717) is 17.9 Å². The Labute approximate surface area is 105 Å². The molecule has 0 radical (unpaired) electrons. The van der Waals surface area contributed by atoms with Crippen LogP contribution in [-0.4, -0.2) is 17.1 Å². The number of aryl methyl sites for hydroxylation is 1. The monoisotopic (exact) mass is 247 g/mol. The minimum atomic E-state index is -0.410. The first-order valence-electron chi connectivity index (χ1n) is 5.52. The number of benzene rings is 1. The number of halogens is 1. The van der Waals surface area contributed by atoms with Crippen LogP contribution in [0.1, 0.15) is 11.3 Å². The summed E-state index contributed by atoms with van der Waals surface area (Å²) in [4.78, 5) is 8.57. The maximum absolute atomic E-state index is 13.3. The second-order valence-electron chi connectivity index (χ2n) is 3.88. The molecule has 0 saturated heterocycles. The summed E-state index contributed by atoms with van der Waals surface area (Å²) in [6, 6.07) is 4.52. The minimum absolute atomic E-state index is 0.172. The first-order valence-corrected chi connectivity index (χ1v) is 5.52. The third kappa shape index (κ3) is 2.31. The molecule has 0 bridgehead atoms. The molecule has 2 N–H and O–H groups in total. The van der Waals surface area contributed by atoms with Crippen molar-refractivity contribution < 1.29 is 9.13 Å². The van der Waals surface area contributed by atoms with Gasteiger partial charge in [-0.2, -0.15) is 0 Å². The molecule has 0 aliphatic heterocycles. The van der Waals surface area contributed by atoms with Crippen molar-refractivity contribution in [1.82, 2.24) is 9.97 Å². The summed E-state index contributed by atoms with van der Waals surface area (Å²) >= 11 is 0. The number of hydrogen-bond acceptors (Lipinski definition) is 4. The van der Waals surface area contributed by atoms with E-state index in [1.54, 1.807) is 18.3 Å². The van der Waals surface area contributed by atoms with Gasteiger partial charge in [0.15, 0.2) is 17.4 Å². The topological polar surface area (TPSA) is 61.0 Å². The Morgan fingerprint density at radius 2 is 2.17 bits per heavy atom. The Bertz CT molecular complexity index is 521. The van der Waals surface area contributed by atoms with Crippen molar-refractivity contribution in [2.24, 2.45) is 5.73 Å². The number of nitrogens with zero attached hydrogens (tertiary/aromatic N) is 2. The molecule has 94 valence electrons. The molecule has 18 heavy (non-hydrogen) atoms. The number of methoxy groups -OCH3 is 1. The second-order valence-corrected chi connectivity index (χ2v) is 3.88. The highest BCUT2D eigenvalue weighted by Crippen LogP contribution is 2.24. The van der Waals surface area contributed by atoms with Gasteiger partial charge in [0.1, 0.15) is 0 Å². The van der Waals surface area contributed by atoms with Crippen molar-refractivity contribution in [3.8, 4) is 17.1 Å². The summed E-state index contributed by atoms with van der Waals surface area (Å²) < 4.78 is 18.2. The van der Waals surface area contributed by atoms with Gasteiger partial charge in [0.25, 0.3) is 0 Å². The molecule has 0 spiro atoms. The Morgan fingerprint density at radius 1 is 1.39 bits per heavy atom. The van der Waals surface area contributed by atoms with Gasteiger partial charge in [-0.15, -0.1) is 0 Å². The van der Waals surface area contributed by atoms with Crippen LogP contribution in [0.25, 0.3) is 11.4 Å². The van der Waals surface area contributed by atoms with Gasteiger partial charge < -0.3 is 10.5 Å². The molecular weight excluding hydrogens is 233 g/mol. The minimum Gasteiger partial charge on any atom is -0.494 e. The molecule has 1 aromatic heterocycles. The van der Waals surface area contributed by atoms with E-state index in [1.807, 2.05) is 6.92 Å². The largest absolute Gasteiger partial charge is 0.494 e. The number of rotatable bonds is 3. The van der Waals surface area contributed by atoms with Crippen LogP contribution in [0.4, 0.5) is 4.39 Å². The van der Waals surface area contributed by atoms with Crippen molar-refractivity contribution in [3.05, 3.63) is 41.5 Å². The third-order valence-corrected chi connectivity index (χ3v) is 2.68. The van der Waals surface area contributed by atoms with E-state index in [4.69, 9.17) is 10.5 Å². The van der Waals surface area contributed by atoms with Crippen LogP contribution < -0.4 is 10.5 Å². The van der Waals surface area contributed by atoms with Crippen LogP contribution in [0.2, 0.25) is 0 Å². The van der Waals surface area contributed by atoms with E-state index in [1.165, 1.54) is 13.2 Å². The summed E-state index contributed by atoms with van der Waals surface area (Å²) in [6.07, 6.45) is 1.71. The van der Waals surface area contributed by atoms with Gasteiger partial charge in [-0.1, -0.05) is 0 Å². The summed E-state index contributed by atoms with van der Waals surface area (Å²) in [7, 11) is 1.42. The number of aromatic nitrogens is 2. The van der Waals surface area contributed by atoms with Gasteiger partial charge in [0, 0.05) is 18.3 Å². The SMILES string of the molecule is COc1cc(-c2ncc(C)c(CN)n2)ccc1F. The van der Waals surface area contributed by atoms with Crippen molar-refractivity contribution in [1.29, 1.82) is 0 Å². The maximum atomic E-state index is 13.3. The zero-order chi connectivity index (χ0) is 13.1. The van der Waals surface area contributed by atoms with Crippen LogP contribution in [-0.2, 0) is 6.54 Å². The fourth-order valence-electron chi connectivity index (χ4n) is 1.62. The van der Waals surface area contributed by atoms with E-state index in [-0.39, 0.29) is 5.75 Å². The first kappa shape index (κ1) is 12.4. The molecule has 1 heterocycles. The Hall–Kier alpha value is -2.01. The highest BCUT2D eigenvalue weighted by Gasteiger charge is 2.09. The molecule has 0 atom stereocenters. The van der Waals surface area contributed by atoms with E-state index in [2.05, 4.69) is 9.97 Å². The molecule has 2 aromatic rings. The van der Waals surface area contributed by atoms with Gasteiger partial charge in [0.05, 0.1) is 12.8 Å². The van der Waals surface area contributed by atoms with Crippen LogP contribution in [0.3, 0.4) is 0 Å². The highest BCUT2D eigenvalue weighted by molar-refractivity contribution is 5.58. The van der Waals surface area contributed by atoms with Crippen LogP contribution in [0, 0.1) is 12.7 Å². The lowest BCUT2D eigenvalue weighted by Crippen LogP contribution is -2.04. The molecule has 4 nitrogen and oxygen atoms in total. The van der Waals surface area contributed by atoms with E-state index < -0.39 is 5.82 Å². The summed E-state index contributed by atoms with van der Waals surface area (Å²) in [5.74, 6) is 0.276. The summed E-state index contributed by atoms with van der Waals surface area (Å²) in [5, 5.41) is 0. The third-order valence-electron chi connectivity index (χ3n) is 2.68. The number of hydrogen-bond donors (Lipinski definition) is 1. The molecule has 0 saturated carbocycles. The van der Waals surface area contributed by atoms with Crippen LogP contribution >= 0.6 is 0 Å². The lowest BCUT2D eigenvalue weighted by molar-refractivity contribution is 0.386. The molecule has 5 heteroatoms. The van der Waals surface area contributed by atoms with Gasteiger partial charge >= 0.3 is 0 Å². The van der Waals surface area contributed by atoms with Crippen molar-refractivity contribution in [2.75, 3.05) is 7.11 Å². The molecule has 0 unspecified atom stereocenters. The number of ether oxygens (including phenoxy) is 1. The molecule has 0 amide bonds. The molecule has 0 aliphatic carbocycles. The number of nitrogens with two attached hydrogens (primary N) is 1. The van der Waals surface area contributed by atoms with Crippen molar-refractivity contribution in [3.63, 3.8) is 0 Å². The lowest BCUT2D eigenvalue weighted by atomic mass is 10.1. The fraction of sp³-hybridized carbons (Fsp3) is 0.231. The highest BCUT2D eigenvalue weighted by atomic mass is 19.1. The average molecular weight is 247 g/mol. The maximum Gasteiger partial charge on any atom is 0.165 e. The lowest BCUT2D eigenvalue weighted by Gasteiger charge is -2.07. The van der Waals surface area contributed by atoms with Gasteiger partial charge in [-0.25, -0.2) is 14.4 Å². The molecular formula is C13H14FN3O. The van der Waals surface area contributed by atoms with Gasteiger partial charge in [-0.05, 0) is 30.7 Å².